The van der Waals surface area contributed by atoms with Gasteiger partial charge in [-0.25, -0.2) is 9.82 Å². The Morgan fingerprint density at radius 1 is 0.963 bits per heavy atom. The van der Waals surface area contributed by atoms with Crippen molar-refractivity contribution in [1.82, 2.24) is 10.7 Å². The Morgan fingerprint density at radius 2 is 1.63 bits per heavy atom. The Bertz CT molecular complexity index is 836. The van der Waals surface area contributed by atoms with Crippen molar-refractivity contribution in [1.29, 1.82) is 0 Å². The summed E-state index contributed by atoms with van der Waals surface area (Å²) in [7, 11) is 0. The van der Waals surface area contributed by atoms with Crippen molar-refractivity contribution in [3.05, 3.63) is 66.0 Å². The van der Waals surface area contributed by atoms with Crippen LogP contribution in [0.15, 0.2) is 59.7 Å². The van der Waals surface area contributed by atoms with E-state index in [4.69, 9.17) is 0 Å². The van der Waals surface area contributed by atoms with Crippen LogP contribution in [-0.2, 0) is 20.9 Å². The summed E-state index contributed by atoms with van der Waals surface area (Å²) in [6.07, 6.45) is -0.0940. The van der Waals surface area contributed by atoms with Gasteiger partial charge < -0.3 is 10.6 Å². The Morgan fingerprint density at radius 3 is 2.30 bits per heavy atom. The summed E-state index contributed by atoms with van der Waals surface area (Å²) in [6.45, 7) is 1.75. The molecule has 2 aromatic rings. The highest BCUT2D eigenvalue weighted by atomic mass is 19.1. The first-order valence-corrected chi connectivity index (χ1v) is 8.14. The lowest BCUT2D eigenvalue weighted by Crippen LogP contribution is -2.37. The normalized spacial score (nSPS) is 10.8. The first-order chi connectivity index (χ1) is 12.9. The number of hydrogen-bond acceptors (Lipinski definition) is 4. The lowest BCUT2D eigenvalue weighted by atomic mass is 10.2. The molecule has 0 spiro atoms. The van der Waals surface area contributed by atoms with Crippen LogP contribution in [0, 0.1) is 5.82 Å². The number of nitrogens with zero attached hydrogens (tertiary/aromatic N) is 1. The maximum absolute atomic E-state index is 12.8. The minimum absolute atomic E-state index is 0.0940. The van der Waals surface area contributed by atoms with Crippen molar-refractivity contribution < 1.29 is 18.8 Å². The van der Waals surface area contributed by atoms with Crippen molar-refractivity contribution >= 4 is 29.1 Å². The van der Waals surface area contributed by atoms with Gasteiger partial charge in [-0.1, -0.05) is 30.3 Å². The SMILES string of the molecule is CC(CC(=O)Nc1ccc(F)cc1)=NNC(=O)C(=O)NCc1ccccc1. The number of benzene rings is 2. The van der Waals surface area contributed by atoms with Gasteiger partial charge in [-0.05, 0) is 36.8 Å². The molecule has 0 saturated heterocycles. The largest absolute Gasteiger partial charge is 0.344 e. The number of anilines is 1. The first kappa shape index (κ1) is 19.8. The second-order valence-corrected chi connectivity index (χ2v) is 5.69. The molecular formula is C19H19FN4O3. The first-order valence-electron chi connectivity index (χ1n) is 8.14. The van der Waals surface area contributed by atoms with Crippen molar-refractivity contribution in [3.63, 3.8) is 0 Å². The van der Waals surface area contributed by atoms with Gasteiger partial charge in [0.1, 0.15) is 5.82 Å². The summed E-state index contributed by atoms with van der Waals surface area (Å²) in [6, 6.07) is 14.5. The second-order valence-electron chi connectivity index (χ2n) is 5.69. The predicted octanol–water partition coefficient (Wildman–Crippen LogP) is 1.96. The molecule has 140 valence electrons. The molecule has 0 bridgehead atoms. The summed E-state index contributed by atoms with van der Waals surface area (Å²) in [5, 5.41) is 8.77. The molecule has 0 aliphatic rings. The van der Waals surface area contributed by atoms with Crippen molar-refractivity contribution in [3.8, 4) is 0 Å². The van der Waals surface area contributed by atoms with E-state index in [1.54, 1.807) is 0 Å². The lowest BCUT2D eigenvalue weighted by Gasteiger charge is -2.06. The molecule has 0 fully saturated rings. The zero-order chi connectivity index (χ0) is 19.6. The molecular weight excluding hydrogens is 351 g/mol. The van der Waals surface area contributed by atoms with Gasteiger partial charge in [0.15, 0.2) is 0 Å². The highest BCUT2D eigenvalue weighted by molar-refractivity contribution is 6.35. The molecule has 2 rings (SSSR count). The van der Waals surface area contributed by atoms with E-state index in [0.29, 0.717) is 11.4 Å². The van der Waals surface area contributed by atoms with Gasteiger partial charge in [0.2, 0.25) is 5.91 Å². The molecule has 3 amide bonds. The number of hydrogen-bond donors (Lipinski definition) is 3. The Labute approximate surface area is 155 Å². The van der Waals surface area contributed by atoms with E-state index in [0.717, 1.165) is 5.56 Å². The van der Waals surface area contributed by atoms with Crippen molar-refractivity contribution in [2.24, 2.45) is 5.10 Å². The number of nitrogens with one attached hydrogen (secondary N) is 3. The lowest BCUT2D eigenvalue weighted by molar-refractivity contribution is -0.139. The topological polar surface area (TPSA) is 99.7 Å². The van der Waals surface area contributed by atoms with E-state index in [1.165, 1.54) is 31.2 Å². The van der Waals surface area contributed by atoms with Gasteiger partial charge in [-0.2, -0.15) is 5.10 Å². The molecule has 0 unspecified atom stereocenters. The van der Waals surface area contributed by atoms with Crippen molar-refractivity contribution in [2.75, 3.05) is 5.32 Å². The summed E-state index contributed by atoms with van der Waals surface area (Å²) in [4.78, 5) is 35.3. The number of hydrazone groups is 1. The van der Waals surface area contributed by atoms with Crippen LogP contribution in [-0.4, -0.2) is 23.4 Å². The zero-order valence-electron chi connectivity index (χ0n) is 14.7. The van der Waals surface area contributed by atoms with E-state index in [2.05, 4.69) is 21.2 Å². The average Bonchev–Trinajstić information content (AvgIpc) is 2.66. The van der Waals surface area contributed by atoms with Gasteiger partial charge >= 0.3 is 11.8 Å². The van der Waals surface area contributed by atoms with Gasteiger partial charge in [0, 0.05) is 17.9 Å². The van der Waals surface area contributed by atoms with E-state index >= 15 is 0 Å². The van der Waals surface area contributed by atoms with Crippen LogP contribution >= 0.6 is 0 Å². The van der Waals surface area contributed by atoms with E-state index in [9.17, 15) is 18.8 Å². The minimum atomic E-state index is -0.927. The third kappa shape index (κ3) is 7.07. The standard InChI is InChI=1S/C19H19FN4O3/c1-13(11-17(25)22-16-9-7-15(20)8-10-16)23-24-19(27)18(26)21-12-14-5-3-2-4-6-14/h2-10H,11-12H2,1H3,(H,21,26)(H,22,25)(H,24,27). The molecule has 8 heteroatoms. The van der Waals surface area contributed by atoms with Crippen LogP contribution in [0.3, 0.4) is 0 Å². The Kier molecular flexibility index (Phi) is 7.18. The van der Waals surface area contributed by atoms with Gasteiger partial charge in [0.25, 0.3) is 0 Å². The third-order valence-corrected chi connectivity index (χ3v) is 3.39. The summed E-state index contributed by atoms with van der Waals surface area (Å²) in [5.41, 5.74) is 3.71. The molecule has 2 aromatic carbocycles. The smallest absolute Gasteiger partial charge is 0.329 e. The van der Waals surface area contributed by atoms with E-state index in [-0.39, 0.29) is 18.9 Å². The number of carbonyl (C=O) groups excluding carboxylic acids is 3. The molecule has 7 nitrogen and oxygen atoms in total. The van der Waals surface area contributed by atoms with Crippen LogP contribution in [0.5, 0.6) is 0 Å². The number of halogens is 1. The monoisotopic (exact) mass is 370 g/mol. The fourth-order valence-corrected chi connectivity index (χ4v) is 2.07. The molecule has 0 aliphatic carbocycles. The number of rotatable bonds is 6. The molecule has 27 heavy (non-hydrogen) atoms. The van der Waals surface area contributed by atoms with Gasteiger partial charge in [0.05, 0.1) is 6.42 Å². The minimum Gasteiger partial charge on any atom is -0.344 e. The van der Waals surface area contributed by atoms with Gasteiger partial charge in [-0.3, -0.25) is 14.4 Å². The molecule has 0 heterocycles. The summed E-state index contributed by atoms with van der Waals surface area (Å²) < 4.78 is 12.8. The predicted molar refractivity (Wildman–Crippen MR) is 99.2 cm³/mol. The van der Waals surface area contributed by atoms with Crippen LogP contribution in [0.4, 0.5) is 10.1 Å². The molecule has 0 saturated carbocycles. The molecule has 0 radical (unpaired) electrons. The average molecular weight is 370 g/mol. The zero-order valence-corrected chi connectivity index (χ0v) is 14.7. The van der Waals surface area contributed by atoms with Gasteiger partial charge in [-0.15, -0.1) is 0 Å². The van der Waals surface area contributed by atoms with Crippen LogP contribution in [0.25, 0.3) is 0 Å². The molecule has 0 atom stereocenters. The fourth-order valence-electron chi connectivity index (χ4n) is 2.07. The van der Waals surface area contributed by atoms with E-state index < -0.39 is 17.6 Å². The van der Waals surface area contributed by atoms with Crippen LogP contribution in [0.2, 0.25) is 0 Å². The Hall–Kier alpha value is -3.55. The molecule has 3 N–H and O–H groups in total. The maximum Gasteiger partial charge on any atom is 0.329 e. The second kappa shape index (κ2) is 9.81. The van der Waals surface area contributed by atoms with Crippen LogP contribution in [0.1, 0.15) is 18.9 Å². The summed E-state index contributed by atoms with van der Waals surface area (Å²) >= 11 is 0. The maximum atomic E-state index is 12.8. The highest BCUT2D eigenvalue weighted by Gasteiger charge is 2.13. The molecule has 0 aliphatic heterocycles. The number of amides is 3. The fraction of sp³-hybridized carbons (Fsp3) is 0.158. The molecule has 0 aromatic heterocycles. The highest BCUT2D eigenvalue weighted by Crippen LogP contribution is 2.08. The van der Waals surface area contributed by atoms with Crippen LogP contribution < -0.4 is 16.1 Å². The third-order valence-electron chi connectivity index (χ3n) is 3.39. The summed E-state index contributed by atoms with van der Waals surface area (Å²) in [5.74, 6) is -2.54. The quantitative estimate of drug-likeness (QED) is 0.412. The van der Waals surface area contributed by atoms with E-state index in [1.807, 2.05) is 30.3 Å². The van der Waals surface area contributed by atoms with Crippen molar-refractivity contribution in [2.45, 2.75) is 19.9 Å². The Balaban J connectivity index is 1.76. The number of carbonyl (C=O) groups is 3.